The monoisotopic (exact) mass is 226 g/mol. The van der Waals surface area contributed by atoms with Crippen LogP contribution in [0.4, 0.5) is 0 Å². The van der Waals surface area contributed by atoms with Crippen molar-refractivity contribution in [3.05, 3.63) is 11.6 Å². The highest BCUT2D eigenvalue weighted by atomic mass is 16.5. The van der Waals surface area contributed by atoms with Crippen molar-refractivity contribution in [2.24, 2.45) is 11.8 Å². The van der Waals surface area contributed by atoms with Crippen LogP contribution in [0.2, 0.25) is 0 Å². The van der Waals surface area contributed by atoms with Gasteiger partial charge >= 0.3 is 5.97 Å². The average Bonchev–Trinajstić information content (AvgIpc) is 2.27. The summed E-state index contributed by atoms with van der Waals surface area (Å²) in [5.41, 5.74) is 0.943. The maximum atomic E-state index is 11.8. The van der Waals surface area contributed by atoms with Crippen LogP contribution in [-0.4, -0.2) is 25.8 Å². The van der Waals surface area contributed by atoms with E-state index in [9.17, 15) is 4.79 Å². The maximum Gasteiger partial charge on any atom is 0.312 e. The molecule has 0 aromatic heterocycles. The molecule has 0 radical (unpaired) electrons. The molecular formula is C13H22O3. The fourth-order valence-electron chi connectivity index (χ4n) is 2.28. The van der Waals surface area contributed by atoms with Crippen LogP contribution in [0.5, 0.6) is 0 Å². The largest absolute Gasteiger partial charge is 0.469 e. The number of esters is 1. The van der Waals surface area contributed by atoms with Crippen LogP contribution < -0.4 is 0 Å². The molecule has 1 aliphatic rings. The predicted molar refractivity (Wildman–Crippen MR) is 63.1 cm³/mol. The maximum absolute atomic E-state index is 11.8. The van der Waals surface area contributed by atoms with Gasteiger partial charge in [-0.25, -0.2) is 0 Å². The van der Waals surface area contributed by atoms with Crippen LogP contribution in [0, 0.1) is 11.8 Å². The summed E-state index contributed by atoms with van der Waals surface area (Å²) in [7, 11) is 3.14. The molecule has 0 heterocycles. The molecule has 0 unspecified atom stereocenters. The molecule has 0 aromatic carbocycles. The Morgan fingerprint density at radius 1 is 1.50 bits per heavy atom. The van der Waals surface area contributed by atoms with Gasteiger partial charge in [-0.3, -0.25) is 4.79 Å². The number of hydrogen-bond donors (Lipinski definition) is 0. The smallest absolute Gasteiger partial charge is 0.312 e. The summed E-state index contributed by atoms with van der Waals surface area (Å²) in [6.07, 6.45) is 3.71. The number of carbonyl (C=O) groups excluding carboxylic acids is 1. The average molecular weight is 226 g/mol. The van der Waals surface area contributed by atoms with Crippen molar-refractivity contribution in [2.75, 3.05) is 14.2 Å². The second kappa shape index (κ2) is 5.00. The summed E-state index contributed by atoms with van der Waals surface area (Å²) >= 11 is 0. The molecule has 3 heteroatoms. The van der Waals surface area contributed by atoms with Crippen molar-refractivity contribution in [1.82, 2.24) is 0 Å². The Bertz CT molecular complexity index is 294. The van der Waals surface area contributed by atoms with Gasteiger partial charge in [-0.05, 0) is 25.7 Å². The molecule has 16 heavy (non-hydrogen) atoms. The summed E-state index contributed by atoms with van der Waals surface area (Å²) < 4.78 is 10.4. The molecule has 2 atom stereocenters. The first-order valence-electron chi connectivity index (χ1n) is 5.76. The van der Waals surface area contributed by atoms with Crippen LogP contribution in [0.15, 0.2) is 11.6 Å². The molecular weight excluding hydrogens is 204 g/mol. The lowest BCUT2D eigenvalue weighted by molar-refractivity contribution is -0.147. The Morgan fingerprint density at radius 3 is 2.56 bits per heavy atom. The summed E-state index contributed by atoms with van der Waals surface area (Å²) in [6, 6.07) is 0. The molecule has 3 nitrogen and oxygen atoms in total. The van der Waals surface area contributed by atoms with Gasteiger partial charge in [0, 0.05) is 7.11 Å². The standard InChI is InChI=1S/C13H22O3/c1-9(2)10-6-7-13(3,16-5)8-11(10)12(14)15-4/h6,9,11H,7-8H2,1-5H3/t11-,13+/m1/s1. The van der Waals surface area contributed by atoms with Crippen LogP contribution in [0.1, 0.15) is 33.6 Å². The molecule has 0 bridgehead atoms. The summed E-state index contributed by atoms with van der Waals surface area (Å²) in [6.45, 7) is 6.25. The number of carbonyl (C=O) groups is 1. The molecule has 0 amide bonds. The Morgan fingerprint density at radius 2 is 2.12 bits per heavy atom. The highest BCUT2D eigenvalue weighted by Gasteiger charge is 2.38. The van der Waals surface area contributed by atoms with Crippen LogP contribution >= 0.6 is 0 Å². The van der Waals surface area contributed by atoms with E-state index in [1.807, 2.05) is 6.92 Å². The van der Waals surface area contributed by atoms with Gasteiger partial charge < -0.3 is 9.47 Å². The van der Waals surface area contributed by atoms with Crippen LogP contribution in [0.25, 0.3) is 0 Å². The summed E-state index contributed by atoms with van der Waals surface area (Å²) in [4.78, 5) is 11.8. The van der Waals surface area contributed by atoms with E-state index in [1.54, 1.807) is 7.11 Å². The minimum atomic E-state index is -0.239. The van der Waals surface area contributed by atoms with E-state index >= 15 is 0 Å². The van der Waals surface area contributed by atoms with Gasteiger partial charge in [0.1, 0.15) is 0 Å². The number of rotatable bonds is 3. The molecule has 0 N–H and O–H groups in total. The van der Waals surface area contributed by atoms with Gasteiger partial charge in [-0.1, -0.05) is 25.5 Å². The third-order valence-corrected chi connectivity index (χ3v) is 3.45. The Balaban J connectivity index is 2.96. The third-order valence-electron chi connectivity index (χ3n) is 3.45. The molecule has 0 aromatic rings. The molecule has 1 aliphatic carbocycles. The Labute approximate surface area is 97.8 Å². The van der Waals surface area contributed by atoms with Crippen molar-refractivity contribution in [2.45, 2.75) is 39.2 Å². The SMILES string of the molecule is COC(=O)[C@@H]1C[C@@](C)(OC)CC=C1C(C)C. The summed E-state index contributed by atoms with van der Waals surface area (Å²) in [5, 5.41) is 0. The second-order valence-electron chi connectivity index (χ2n) is 5.00. The number of methoxy groups -OCH3 is 2. The lowest BCUT2D eigenvalue weighted by Crippen LogP contribution is -2.38. The lowest BCUT2D eigenvalue weighted by Gasteiger charge is -2.36. The molecule has 0 fully saturated rings. The van der Waals surface area contributed by atoms with Gasteiger partial charge in [0.25, 0.3) is 0 Å². The molecule has 92 valence electrons. The fraction of sp³-hybridized carbons (Fsp3) is 0.769. The van der Waals surface area contributed by atoms with Crippen LogP contribution in [0.3, 0.4) is 0 Å². The highest BCUT2D eigenvalue weighted by Crippen LogP contribution is 2.37. The van der Waals surface area contributed by atoms with Crippen molar-refractivity contribution in [3.63, 3.8) is 0 Å². The van der Waals surface area contributed by atoms with E-state index in [4.69, 9.17) is 9.47 Å². The number of ether oxygens (including phenoxy) is 2. The minimum absolute atomic E-state index is 0.149. The third kappa shape index (κ3) is 2.64. The van der Waals surface area contributed by atoms with E-state index in [-0.39, 0.29) is 17.5 Å². The highest BCUT2D eigenvalue weighted by molar-refractivity contribution is 5.76. The first kappa shape index (κ1) is 13.2. The normalized spacial score (nSPS) is 30.1. The zero-order valence-corrected chi connectivity index (χ0v) is 10.9. The van der Waals surface area contributed by atoms with Gasteiger partial charge in [0.15, 0.2) is 0 Å². The molecule has 0 saturated heterocycles. The lowest BCUT2D eigenvalue weighted by atomic mass is 9.75. The molecule has 0 aliphatic heterocycles. The van der Waals surface area contributed by atoms with Gasteiger partial charge in [-0.2, -0.15) is 0 Å². The molecule has 0 spiro atoms. The summed E-state index contributed by atoms with van der Waals surface area (Å²) in [5.74, 6) is 0.0807. The zero-order valence-electron chi connectivity index (χ0n) is 10.9. The Kier molecular flexibility index (Phi) is 4.14. The quantitative estimate of drug-likeness (QED) is 0.548. The van der Waals surface area contributed by atoms with Crippen molar-refractivity contribution in [3.8, 4) is 0 Å². The van der Waals surface area contributed by atoms with E-state index in [0.717, 1.165) is 6.42 Å². The second-order valence-corrected chi connectivity index (χ2v) is 5.00. The van der Waals surface area contributed by atoms with Crippen molar-refractivity contribution in [1.29, 1.82) is 0 Å². The van der Waals surface area contributed by atoms with Gasteiger partial charge in [0.05, 0.1) is 18.6 Å². The number of hydrogen-bond acceptors (Lipinski definition) is 3. The van der Waals surface area contributed by atoms with E-state index in [1.165, 1.54) is 12.7 Å². The molecule has 0 saturated carbocycles. The fourth-order valence-corrected chi connectivity index (χ4v) is 2.28. The topological polar surface area (TPSA) is 35.5 Å². The first-order chi connectivity index (χ1) is 7.43. The Hall–Kier alpha value is -0.830. The molecule has 1 rings (SSSR count). The first-order valence-corrected chi connectivity index (χ1v) is 5.76. The van der Waals surface area contributed by atoms with Crippen molar-refractivity contribution < 1.29 is 14.3 Å². The van der Waals surface area contributed by atoms with E-state index < -0.39 is 0 Å². The van der Waals surface area contributed by atoms with Gasteiger partial charge in [0.2, 0.25) is 0 Å². The van der Waals surface area contributed by atoms with Crippen LogP contribution in [-0.2, 0) is 14.3 Å². The predicted octanol–water partition coefficient (Wildman–Crippen LogP) is 2.56. The van der Waals surface area contributed by atoms with E-state index in [2.05, 4.69) is 19.9 Å². The zero-order chi connectivity index (χ0) is 12.3. The van der Waals surface area contributed by atoms with E-state index in [0.29, 0.717) is 12.3 Å². The van der Waals surface area contributed by atoms with Crippen molar-refractivity contribution >= 4 is 5.97 Å². The van der Waals surface area contributed by atoms with Gasteiger partial charge in [-0.15, -0.1) is 0 Å². The minimum Gasteiger partial charge on any atom is -0.469 e.